The van der Waals surface area contributed by atoms with Crippen molar-refractivity contribution in [2.24, 2.45) is 5.92 Å². The van der Waals surface area contributed by atoms with Crippen molar-refractivity contribution in [3.05, 3.63) is 47.8 Å². The summed E-state index contributed by atoms with van der Waals surface area (Å²) >= 11 is 0. The molecule has 11 heteroatoms. The monoisotopic (exact) mass is 521 g/mol. The molecule has 0 spiro atoms. The molecule has 0 radical (unpaired) electrons. The molecule has 0 bridgehead atoms. The number of aromatic nitrogens is 1. The van der Waals surface area contributed by atoms with Crippen LogP contribution < -0.4 is 5.32 Å². The van der Waals surface area contributed by atoms with Crippen molar-refractivity contribution in [3.63, 3.8) is 0 Å². The maximum Gasteiger partial charge on any atom is 0.417 e. The normalized spacial score (nSPS) is 23.2. The average Bonchev–Trinajstić information content (AvgIpc) is 3.46. The molecular formula is C25H26F3N3O4S. The number of nitrogens with one attached hydrogen (secondary N) is 1. The Morgan fingerprint density at radius 3 is 2.50 bits per heavy atom. The minimum absolute atomic E-state index is 0.115. The second-order valence-electron chi connectivity index (χ2n) is 9.32. The number of hydrogen-bond donors (Lipinski definition) is 1. The number of benzene rings is 1. The average molecular weight is 522 g/mol. The van der Waals surface area contributed by atoms with E-state index in [1.165, 1.54) is 12.3 Å². The molecule has 2 aliphatic carbocycles. The topological polar surface area (TPSA) is 109 Å². The number of nitrogens with zero attached hydrogens (tertiary/aromatic N) is 2. The number of hydrogen-bond acceptors (Lipinski definition) is 6. The van der Waals surface area contributed by atoms with Crippen molar-refractivity contribution in [1.29, 1.82) is 5.26 Å². The van der Waals surface area contributed by atoms with E-state index in [2.05, 4.69) is 10.3 Å². The predicted octanol–water partition coefficient (Wildman–Crippen LogP) is 4.21. The summed E-state index contributed by atoms with van der Waals surface area (Å²) in [6.45, 7) is 3.60. The lowest BCUT2D eigenvalue weighted by molar-refractivity contribution is -0.139. The van der Waals surface area contributed by atoms with E-state index in [0.717, 1.165) is 12.1 Å². The van der Waals surface area contributed by atoms with Crippen LogP contribution in [0.1, 0.15) is 43.9 Å². The van der Waals surface area contributed by atoms with Gasteiger partial charge in [0, 0.05) is 18.5 Å². The van der Waals surface area contributed by atoms with E-state index in [-0.39, 0.29) is 25.0 Å². The highest BCUT2D eigenvalue weighted by Gasteiger charge is 2.51. The first-order valence-electron chi connectivity index (χ1n) is 11.6. The van der Waals surface area contributed by atoms with E-state index >= 15 is 0 Å². The zero-order valence-corrected chi connectivity index (χ0v) is 20.6. The quantitative estimate of drug-likeness (QED) is 0.585. The molecule has 1 aromatic heterocycles. The third-order valence-electron chi connectivity index (χ3n) is 6.77. The number of alkyl halides is 3. The molecule has 1 N–H and O–H groups in total. The number of rotatable bonds is 7. The van der Waals surface area contributed by atoms with Gasteiger partial charge in [0.25, 0.3) is 0 Å². The number of nitriles is 1. The first kappa shape index (κ1) is 26.1. The molecule has 1 amide bonds. The van der Waals surface area contributed by atoms with Crippen LogP contribution in [0.15, 0.2) is 41.4 Å². The Hall–Kier alpha value is -2.97. The molecule has 2 saturated carbocycles. The number of ether oxygens (including phenoxy) is 1. The summed E-state index contributed by atoms with van der Waals surface area (Å²) in [5.74, 6) is -1.39. The Morgan fingerprint density at radius 1 is 1.22 bits per heavy atom. The molecule has 3 atom stereocenters. The third kappa shape index (κ3) is 5.11. The SMILES string of the molecule is CCO[C@@H]1C[C@H](S(=O)(=O)c2ccc(-c3ccnc(C)c3)cc2C(F)(F)F)C[C@H]1C(=O)NC1(C#N)CC1. The fraction of sp³-hybridized carbons (Fsp3) is 0.480. The van der Waals surface area contributed by atoms with Crippen LogP contribution in [0.4, 0.5) is 13.2 Å². The lowest BCUT2D eigenvalue weighted by atomic mass is 10.0. The highest BCUT2D eigenvalue weighted by atomic mass is 32.2. The van der Waals surface area contributed by atoms with Crippen molar-refractivity contribution in [3.8, 4) is 17.2 Å². The molecule has 0 saturated heterocycles. The van der Waals surface area contributed by atoms with Crippen LogP contribution in [0.25, 0.3) is 11.1 Å². The van der Waals surface area contributed by atoms with Crippen molar-refractivity contribution < 1.29 is 31.1 Å². The van der Waals surface area contributed by atoms with Crippen LogP contribution in [-0.2, 0) is 25.5 Å². The van der Waals surface area contributed by atoms with Crippen LogP contribution in [0.5, 0.6) is 0 Å². The summed E-state index contributed by atoms with van der Waals surface area (Å²) in [6, 6.07) is 8.39. The first-order valence-corrected chi connectivity index (χ1v) is 13.2. The van der Waals surface area contributed by atoms with Crippen LogP contribution in [0.3, 0.4) is 0 Å². The van der Waals surface area contributed by atoms with Crippen LogP contribution in [0.2, 0.25) is 0 Å². The molecule has 2 aromatic rings. The van der Waals surface area contributed by atoms with Gasteiger partial charge in [-0.1, -0.05) is 6.07 Å². The molecule has 7 nitrogen and oxygen atoms in total. The Labute approximate surface area is 207 Å². The second-order valence-corrected chi connectivity index (χ2v) is 11.5. The number of sulfone groups is 1. The molecule has 2 fully saturated rings. The Kier molecular flexibility index (Phi) is 6.88. The zero-order chi connectivity index (χ0) is 26.3. The number of pyridine rings is 1. The van der Waals surface area contributed by atoms with E-state index in [4.69, 9.17) is 4.74 Å². The summed E-state index contributed by atoms with van der Waals surface area (Å²) in [5.41, 5.74) is -0.891. The molecule has 36 heavy (non-hydrogen) atoms. The molecule has 2 aliphatic rings. The van der Waals surface area contributed by atoms with Gasteiger partial charge in [0.2, 0.25) is 5.91 Å². The zero-order valence-electron chi connectivity index (χ0n) is 19.8. The Morgan fingerprint density at radius 2 is 1.92 bits per heavy atom. The lowest BCUT2D eigenvalue weighted by Gasteiger charge is -2.20. The van der Waals surface area contributed by atoms with Gasteiger partial charge in [-0.05, 0) is 74.9 Å². The van der Waals surface area contributed by atoms with Crippen LogP contribution in [0, 0.1) is 24.2 Å². The van der Waals surface area contributed by atoms with E-state index in [1.807, 2.05) is 6.07 Å². The summed E-state index contributed by atoms with van der Waals surface area (Å²) in [7, 11) is -4.47. The summed E-state index contributed by atoms with van der Waals surface area (Å²) in [4.78, 5) is 16.1. The maximum absolute atomic E-state index is 14.1. The van der Waals surface area contributed by atoms with Crippen molar-refractivity contribution in [2.75, 3.05) is 6.61 Å². The van der Waals surface area contributed by atoms with E-state index in [9.17, 15) is 31.6 Å². The Bertz CT molecular complexity index is 1320. The summed E-state index contributed by atoms with van der Waals surface area (Å²) in [5, 5.41) is 10.7. The van der Waals surface area contributed by atoms with E-state index in [0.29, 0.717) is 24.1 Å². The van der Waals surface area contributed by atoms with Crippen LogP contribution in [-0.4, -0.2) is 42.8 Å². The maximum atomic E-state index is 14.1. The minimum atomic E-state index is -4.92. The van der Waals surface area contributed by atoms with E-state index < -0.39 is 55.2 Å². The van der Waals surface area contributed by atoms with Crippen LogP contribution >= 0.6 is 0 Å². The second kappa shape index (κ2) is 9.48. The molecular weight excluding hydrogens is 495 g/mol. The lowest BCUT2D eigenvalue weighted by Crippen LogP contribution is -2.42. The third-order valence-corrected chi connectivity index (χ3v) is 9.00. The molecule has 0 unspecified atom stereocenters. The minimum Gasteiger partial charge on any atom is -0.378 e. The highest BCUT2D eigenvalue weighted by molar-refractivity contribution is 7.92. The van der Waals surface area contributed by atoms with Crippen molar-refractivity contribution >= 4 is 15.7 Å². The smallest absolute Gasteiger partial charge is 0.378 e. The van der Waals surface area contributed by atoms with E-state index in [1.54, 1.807) is 26.0 Å². The summed E-state index contributed by atoms with van der Waals surface area (Å²) < 4.78 is 74.9. The summed E-state index contributed by atoms with van der Waals surface area (Å²) in [6.07, 6.45) is -3.53. The predicted molar refractivity (Wildman–Crippen MR) is 124 cm³/mol. The fourth-order valence-electron chi connectivity index (χ4n) is 4.68. The van der Waals surface area contributed by atoms with Gasteiger partial charge in [0.15, 0.2) is 9.84 Å². The number of amides is 1. The van der Waals surface area contributed by atoms with Gasteiger partial charge in [-0.3, -0.25) is 9.78 Å². The van der Waals surface area contributed by atoms with Crippen molar-refractivity contribution in [1.82, 2.24) is 10.3 Å². The number of carbonyl (C=O) groups excluding carboxylic acids is 1. The van der Waals surface area contributed by atoms with Gasteiger partial charge < -0.3 is 10.1 Å². The highest BCUT2D eigenvalue weighted by Crippen LogP contribution is 2.43. The van der Waals surface area contributed by atoms with Gasteiger partial charge in [0.05, 0.1) is 33.8 Å². The number of aryl methyl sites for hydroxylation is 1. The fourth-order valence-corrected chi connectivity index (χ4v) is 6.69. The molecule has 1 aromatic carbocycles. The Balaban J connectivity index is 1.67. The van der Waals surface area contributed by atoms with Gasteiger partial charge in [-0.2, -0.15) is 18.4 Å². The van der Waals surface area contributed by atoms with Gasteiger partial charge in [-0.25, -0.2) is 8.42 Å². The largest absolute Gasteiger partial charge is 0.417 e. The molecule has 4 rings (SSSR count). The van der Waals surface area contributed by atoms with Gasteiger partial charge in [0.1, 0.15) is 5.54 Å². The number of halogens is 3. The molecule has 192 valence electrons. The molecule has 1 heterocycles. The first-order chi connectivity index (χ1) is 16.9. The number of carbonyl (C=O) groups is 1. The van der Waals surface area contributed by atoms with Gasteiger partial charge >= 0.3 is 6.18 Å². The van der Waals surface area contributed by atoms with Gasteiger partial charge in [-0.15, -0.1) is 0 Å². The van der Waals surface area contributed by atoms with Crippen molar-refractivity contribution in [2.45, 2.75) is 67.5 Å². The molecule has 0 aliphatic heterocycles. The standard InChI is InChI=1S/C25H26F3N3O4S/c1-3-35-21-13-18(12-19(21)23(32)31-24(14-29)7-8-24)36(33,34)22-5-4-16(11-20(22)25(26,27)28)17-6-9-30-15(2)10-17/h4-6,9-11,18-19,21H,3,7-8,12-13H2,1-2H3,(H,31,32)/t18-,19-,21-/m1/s1.